The molecular formula is C18H32N2O6S2. The van der Waals surface area contributed by atoms with Gasteiger partial charge in [0.05, 0.1) is 20.3 Å². The van der Waals surface area contributed by atoms with Crippen LogP contribution in [-0.4, -0.2) is 62.1 Å². The second-order valence-corrected chi connectivity index (χ2v) is 8.86. The highest BCUT2D eigenvalue weighted by Crippen LogP contribution is 2.39. The lowest BCUT2D eigenvalue weighted by Crippen LogP contribution is -2.29. The fraction of sp³-hybridized carbons (Fsp3) is 0.778. The van der Waals surface area contributed by atoms with Crippen molar-refractivity contribution in [3.05, 3.63) is 0 Å². The molecule has 1 unspecified atom stereocenters. The minimum Gasteiger partial charge on any atom is -0.469 e. The first kappa shape index (κ1) is 26.6. The lowest BCUT2D eigenvalue weighted by molar-refractivity contribution is -0.138. The molecule has 1 atom stereocenters. The molecule has 162 valence electrons. The molecule has 0 aromatic rings. The van der Waals surface area contributed by atoms with E-state index in [-0.39, 0.29) is 30.8 Å². The van der Waals surface area contributed by atoms with E-state index in [2.05, 4.69) is 15.4 Å². The number of methoxy groups -OCH3 is 1. The summed E-state index contributed by atoms with van der Waals surface area (Å²) in [6, 6.07) is 0. The summed E-state index contributed by atoms with van der Waals surface area (Å²) >= 11 is 0. The molecule has 8 nitrogen and oxygen atoms in total. The summed E-state index contributed by atoms with van der Waals surface area (Å²) in [5.74, 6) is 0.892. The summed E-state index contributed by atoms with van der Waals surface area (Å²) in [4.78, 5) is 43.6. The van der Waals surface area contributed by atoms with Crippen LogP contribution < -0.4 is 10.6 Å². The quantitative estimate of drug-likeness (QED) is 0.289. The third-order valence-electron chi connectivity index (χ3n) is 3.71. The molecule has 0 radical (unpaired) electrons. The molecule has 1 saturated heterocycles. The number of Topliss-reactive ketones (excluding diaryl/α,β-unsaturated/α-hetero) is 1. The molecule has 2 amide bonds. The maximum absolute atomic E-state index is 11.7. The number of amides is 2. The predicted octanol–water partition coefficient (Wildman–Crippen LogP) is 2.70. The largest absolute Gasteiger partial charge is 0.469 e. The summed E-state index contributed by atoms with van der Waals surface area (Å²) in [7, 11) is 6.73. The highest BCUT2D eigenvalue weighted by molar-refractivity contribution is 8.77. The van der Waals surface area contributed by atoms with Crippen LogP contribution in [0.4, 0.5) is 4.79 Å². The lowest BCUT2D eigenvalue weighted by Gasteiger charge is -2.07. The van der Waals surface area contributed by atoms with Crippen molar-refractivity contribution < 1.29 is 28.7 Å². The molecule has 1 aliphatic rings. The molecule has 2 N–H and O–H groups in total. The van der Waals surface area contributed by atoms with Gasteiger partial charge in [-0.3, -0.25) is 14.4 Å². The van der Waals surface area contributed by atoms with Crippen molar-refractivity contribution in [2.75, 3.05) is 33.1 Å². The van der Waals surface area contributed by atoms with Gasteiger partial charge in [0, 0.05) is 37.8 Å². The highest BCUT2D eigenvalue weighted by Gasteiger charge is 2.15. The van der Waals surface area contributed by atoms with Gasteiger partial charge in [-0.05, 0) is 25.7 Å². The van der Waals surface area contributed by atoms with Gasteiger partial charge in [0.25, 0.3) is 0 Å². The number of hydrogen-bond donors (Lipinski definition) is 2. The van der Waals surface area contributed by atoms with Crippen molar-refractivity contribution in [2.24, 2.45) is 0 Å². The Morgan fingerprint density at radius 3 is 2.39 bits per heavy atom. The third kappa shape index (κ3) is 16.7. The number of ether oxygens (including phenoxy) is 2. The Bertz CT molecular complexity index is 485. The number of unbranched alkanes of at least 4 members (excludes halogenated alkanes) is 1. The average Bonchev–Trinajstić information content (AvgIpc) is 3.20. The summed E-state index contributed by atoms with van der Waals surface area (Å²) in [5, 5.41) is 5.74. The van der Waals surface area contributed by atoms with Crippen LogP contribution in [0.1, 0.15) is 51.9 Å². The van der Waals surface area contributed by atoms with Crippen molar-refractivity contribution in [3.8, 4) is 0 Å². The molecule has 28 heavy (non-hydrogen) atoms. The lowest BCUT2D eigenvalue weighted by atomic mass is 10.1. The molecule has 1 aliphatic heterocycles. The van der Waals surface area contributed by atoms with E-state index in [1.807, 2.05) is 21.6 Å². The van der Waals surface area contributed by atoms with Crippen LogP contribution in [0.3, 0.4) is 0 Å². The normalized spacial score (nSPS) is 15.0. The highest BCUT2D eigenvalue weighted by atomic mass is 33.1. The Labute approximate surface area is 175 Å². The summed E-state index contributed by atoms with van der Waals surface area (Å²) in [6.07, 6.45) is 5.15. The van der Waals surface area contributed by atoms with E-state index in [9.17, 15) is 19.2 Å². The van der Waals surface area contributed by atoms with E-state index in [1.165, 1.54) is 39.7 Å². The molecule has 0 saturated carbocycles. The fourth-order valence-electron chi connectivity index (χ4n) is 2.10. The topological polar surface area (TPSA) is 111 Å². The Hall–Kier alpha value is -1.42. The van der Waals surface area contributed by atoms with Crippen LogP contribution >= 0.6 is 21.6 Å². The number of carbonyl (C=O) groups is 4. The molecular weight excluding hydrogens is 404 g/mol. The zero-order chi connectivity index (χ0) is 21.2. The monoisotopic (exact) mass is 436 g/mol. The third-order valence-corrected chi connectivity index (χ3v) is 6.72. The number of hydrogen-bond acceptors (Lipinski definition) is 8. The predicted molar refractivity (Wildman–Crippen MR) is 112 cm³/mol. The molecule has 10 heteroatoms. The fourth-order valence-corrected chi connectivity index (χ4v) is 5.13. The van der Waals surface area contributed by atoms with Gasteiger partial charge < -0.3 is 20.1 Å². The van der Waals surface area contributed by atoms with Crippen LogP contribution in [-0.2, 0) is 23.9 Å². The van der Waals surface area contributed by atoms with Gasteiger partial charge in [-0.15, -0.1) is 0 Å². The van der Waals surface area contributed by atoms with Gasteiger partial charge in [-0.2, -0.15) is 0 Å². The Morgan fingerprint density at radius 2 is 1.82 bits per heavy atom. The molecule has 0 aromatic carbocycles. The number of esters is 1. The Balaban J connectivity index is 0.00000129. The van der Waals surface area contributed by atoms with E-state index in [0.717, 1.165) is 18.1 Å². The van der Waals surface area contributed by atoms with Crippen molar-refractivity contribution in [2.45, 2.75) is 57.1 Å². The van der Waals surface area contributed by atoms with E-state index < -0.39 is 6.09 Å². The van der Waals surface area contributed by atoms with Gasteiger partial charge in [0.15, 0.2) is 5.78 Å². The first-order valence-electron chi connectivity index (χ1n) is 9.34. The van der Waals surface area contributed by atoms with Gasteiger partial charge in [0.1, 0.15) is 0 Å². The molecule has 0 spiro atoms. The molecule has 0 aliphatic carbocycles. The summed E-state index contributed by atoms with van der Waals surface area (Å²) in [5.41, 5.74) is 0. The van der Waals surface area contributed by atoms with Crippen LogP contribution in [0.2, 0.25) is 0 Å². The summed E-state index contributed by atoms with van der Waals surface area (Å²) < 4.78 is 8.89. The van der Waals surface area contributed by atoms with Crippen molar-refractivity contribution in [1.82, 2.24) is 10.6 Å². The van der Waals surface area contributed by atoms with Crippen molar-refractivity contribution in [3.63, 3.8) is 0 Å². The zero-order valence-corrected chi connectivity index (χ0v) is 18.5. The second-order valence-electron chi connectivity index (χ2n) is 6.08. The Morgan fingerprint density at radius 1 is 1.11 bits per heavy atom. The van der Waals surface area contributed by atoms with Gasteiger partial charge >= 0.3 is 12.1 Å². The first-order chi connectivity index (χ1) is 13.4. The number of ketones is 1. The average molecular weight is 437 g/mol. The minimum absolute atomic E-state index is 0.0433. The number of carbonyl (C=O) groups excluding carboxylic acids is 4. The van der Waals surface area contributed by atoms with E-state index in [4.69, 9.17) is 4.74 Å². The SMILES string of the molecule is CNC(=O)OCCCC(=O)CNC(=O)CCCCC1CCSS1.COC(C)=O. The van der Waals surface area contributed by atoms with E-state index >= 15 is 0 Å². The van der Waals surface area contributed by atoms with E-state index in [0.29, 0.717) is 19.3 Å². The van der Waals surface area contributed by atoms with Gasteiger partial charge in [-0.25, -0.2) is 4.79 Å². The van der Waals surface area contributed by atoms with E-state index in [1.54, 1.807) is 0 Å². The van der Waals surface area contributed by atoms with Gasteiger partial charge in [-0.1, -0.05) is 28.0 Å². The second kappa shape index (κ2) is 17.7. The maximum atomic E-state index is 11.7. The molecule has 1 fully saturated rings. The zero-order valence-electron chi connectivity index (χ0n) is 16.9. The minimum atomic E-state index is -0.500. The van der Waals surface area contributed by atoms with Crippen LogP contribution in [0.15, 0.2) is 0 Å². The standard InChI is InChI=1S/C15H26N2O4S2.C3H6O2/c1-16-15(20)21-9-4-5-12(18)11-17-14(19)7-3-2-6-13-8-10-22-23-13;1-3(4)5-2/h13H,2-11H2,1H3,(H,16,20)(H,17,19);1-2H3. The van der Waals surface area contributed by atoms with Crippen LogP contribution in [0, 0.1) is 0 Å². The van der Waals surface area contributed by atoms with Crippen molar-refractivity contribution >= 4 is 45.3 Å². The van der Waals surface area contributed by atoms with Crippen LogP contribution in [0.5, 0.6) is 0 Å². The number of nitrogens with one attached hydrogen (secondary N) is 2. The summed E-state index contributed by atoms with van der Waals surface area (Å²) in [6.45, 7) is 1.63. The Kier molecular flexibility index (Phi) is 16.8. The number of rotatable bonds is 11. The first-order valence-corrected chi connectivity index (χ1v) is 11.7. The van der Waals surface area contributed by atoms with Crippen LogP contribution in [0.25, 0.3) is 0 Å². The molecule has 1 rings (SSSR count). The number of alkyl carbamates (subject to hydrolysis) is 1. The molecule has 0 bridgehead atoms. The molecule has 0 aromatic heterocycles. The molecule has 1 heterocycles. The maximum Gasteiger partial charge on any atom is 0.406 e. The van der Waals surface area contributed by atoms with Gasteiger partial charge in [0.2, 0.25) is 5.91 Å². The van der Waals surface area contributed by atoms with Crippen molar-refractivity contribution in [1.29, 1.82) is 0 Å². The smallest absolute Gasteiger partial charge is 0.406 e.